The van der Waals surface area contributed by atoms with E-state index < -0.39 is 12.0 Å². The van der Waals surface area contributed by atoms with Crippen LogP contribution in [0, 0.1) is 0 Å². The van der Waals surface area contributed by atoms with Crippen LogP contribution >= 0.6 is 0 Å². The molecule has 0 fully saturated rings. The largest absolute Gasteiger partial charge is 0.468 e. The minimum absolute atomic E-state index is 0.265. The van der Waals surface area contributed by atoms with Crippen molar-refractivity contribution >= 4 is 22.8 Å². The normalized spacial score (nSPS) is 12.6. The third-order valence-corrected chi connectivity index (χ3v) is 2.45. The van der Waals surface area contributed by atoms with Gasteiger partial charge in [-0.2, -0.15) is 0 Å². The van der Waals surface area contributed by atoms with Crippen LogP contribution in [0.25, 0.3) is 11.0 Å². The summed E-state index contributed by atoms with van der Waals surface area (Å²) >= 11 is 0. The summed E-state index contributed by atoms with van der Waals surface area (Å²) in [5.41, 5.74) is 12.0. The summed E-state index contributed by atoms with van der Waals surface area (Å²) < 4.78 is 10.0. The Morgan fingerprint density at radius 2 is 2.41 bits per heavy atom. The van der Waals surface area contributed by atoms with Crippen molar-refractivity contribution in [3.05, 3.63) is 24.1 Å². The highest BCUT2D eigenvalue weighted by atomic mass is 16.5. The Kier molecular flexibility index (Phi) is 2.97. The molecule has 90 valence electrons. The maximum atomic E-state index is 11.2. The number of aromatic nitrogens is 1. The topological polar surface area (TPSA) is 104 Å². The van der Waals surface area contributed by atoms with Crippen LogP contribution in [0.4, 0.5) is 5.82 Å². The summed E-state index contributed by atoms with van der Waals surface area (Å²) in [6, 6.07) is 2.70. The first-order valence-corrected chi connectivity index (χ1v) is 5.08. The van der Waals surface area contributed by atoms with E-state index in [1.807, 2.05) is 0 Å². The first-order valence-electron chi connectivity index (χ1n) is 5.08. The van der Waals surface area contributed by atoms with Gasteiger partial charge in [-0.15, -0.1) is 0 Å². The Labute approximate surface area is 97.5 Å². The van der Waals surface area contributed by atoms with Gasteiger partial charge in [0.25, 0.3) is 0 Å². The lowest BCUT2D eigenvalue weighted by Gasteiger charge is -2.05. The molecule has 2 aromatic rings. The van der Waals surface area contributed by atoms with Crippen molar-refractivity contribution < 1.29 is 13.9 Å². The number of ether oxygens (including phenoxy) is 1. The highest BCUT2D eigenvalue weighted by molar-refractivity contribution is 5.87. The average Bonchev–Trinajstić information content (AvgIpc) is 2.72. The molecule has 2 aromatic heterocycles. The van der Waals surface area contributed by atoms with Gasteiger partial charge in [0, 0.05) is 12.6 Å². The van der Waals surface area contributed by atoms with Crippen molar-refractivity contribution in [2.24, 2.45) is 5.73 Å². The zero-order valence-electron chi connectivity index (χ0n) is 9.34. The molecule has 0 saturated heterocycles. The van der Waals surface area contributed by atoms with Gasteiger partial charge in [0.1, 0.15) is 23.2 Å². The summed E-state index contributed by atoms with van der Waals surface area (Å²) in [4.78, 5) is 15.1. The molecule has 0 bridgehead atoms. The van der Waals surface area contributed by atoms with Crippen LogP contribution in [0.3, 0.4) is 0 Å². The lowest BCUT2D eigenvalue weighted by atomic mass is 10.2. The van der Waals surface area contributed by atoms with Crippen LogP contribution in [0.1, 0.15) is 5.76 Å². The fourth-order valence-corrected chi connectivity index (χ4v) is 1.59. The van der Waals surface area contributed by atoms with E-state index in [-0.39, 0.29) is 6.42 Å². The smallest absolute Gasteiger partial charge is 0.323 e. The summed E-state index contributed by atoms with van der Waals surface area (Å²) in [5.74, 6) is 0.498. The molecule has 0 aliphatic rings. The molecule has 6 nitrogen and oxygen atoms in total. The number of carbonyl (C=O) groups is 1. The Balaban J connectivity index is 2.26. The highest BCUT2D eigenvalue weighted by Gasteiger charge is 2.17. The second-order valence-corrected chi connectivity index (χ2v) is 3.65. The summed E-state index contributed by atoms with van der Waals surface area (Å²) in [6.07, 6.45) is 1.83. The van der Waals surface area contributed by atoms with E-state index in [9.17, 15) is 4.79 Å². The SMILES string of the molecule is COC(=O)C(N)Cc1cc2c(N)nccc2o1. The van der Waals surface area contributed by atoms with Crippen LogP contribution in [0.2, 0.25) is 0 Å². The van der Waals surface area contributed by atoms with E-state index in [1.165, 1.54) is 7.11 Å². The second-order valence-electron chi connectivity index (χ2n) is 3.65. The minimum Gasteiger partial charge on any atom is -0.468 e. The highest BCUT2D eigenvalue weighted by Crippen LogP contribution is 2.23. The van der Waals surface area contributed by atoms with Crippen LogP contribution in [0.15, 0.2) is 22.7 Å². The first-order chi connectivity index (χ1) is 8.11. The number of nitrogens with zero attached hydrogens (tertiary/aromatic N) is 1. The van der Waals surface area contributed by atoms with Crippen LogP contribution in [-0.4, -0.2) is 24.1 Å². The number of furan rings is 1. The Bertz CT molecular complexity index is 550. The number of hydrogen-bond acceptors (Lipinski definition) is 6. The maximum Gasteiger partial charge on any atom is 0.323 e. The standard InChI is InChI=1S/C11H13N3O3/c1-16-11(15)8(12)5-6-4-7-9(17-6)2-3-14-10(7)13/h2-4,8H,5,12H2,1H3,(H2,13,14). The van der Waals surface area contributed by atoms with E-state index in [2.05, 4.69) is 9.72 Å². The van der Waals surface area contributed by atoms with Gasteiger partial charge in [0.15, 0.2) is 0 Å². The predicted molar refractivity (Wildman–Crippen MR) is 62.1 cm³/mol. The fourth-order valence-electron chi connectivity index (χ4n) is 1.59. The number of rotatable bonds is 3. The van der Waals surface area contributed by atoms with Crippen LogP contribution in [0.5, 0.6) is 0 Å². The van der Waals surface area contributed by atoms with Gasteiger partial charge in [-0.25, -0.2) is 4.98 Å². The van der Waals surface area contributed by atoms with Crippen molar-refractivity contribution in [1.82, 2.24) is 4.98 Å². The molecule has 0 radical (unpaired) electrons. The van der Waals surface area contributed by atoms with Gasteiger partial charge in [-0.05, 0) is 12.1 Å². The van der Waals surface area contributed by atoms with Gasteiger partial charge in [0.2, 0.25) is 0 Å². The molecule has 17 heavy (non-hydrogen) atoms. The minimum atomic E-state index is -0.741. The number of fused-ring (bicyclic) bond motifs is 1. The summed E-state index contributed by atoms with van der Waals surface area (Å²) in [5, 5.41) is 0.722. The molecule has 1 unspecified atom stereocenters. The number of pyridine rings is 1. The number of anilines is 1. The van der Waals surface area contributed by atoms with E-state index in [0.717, 1.165) is 5.39 Å². The maximum absolute atomic E-state index is 11.2. The molecule has 6 heteroatoms. The van der Waals surface area contributed by atoms with Gasteiger partial charge >= 0.3 is 5.97 Å². The fraction of sp³-hybridized carbons (Fsp3) is 0.273. The lowest BCUT2D eigenvalue weighted by molar-refractivity contribution is -0.142. The Morgan fingerprint density at radius 1 is 1.65 bits per heavy atom. The van der Waals surface area contributed by atoms with Gasteiger partial charge in [-0.3, -0.25) is 4.79 Å². The lowest BCUT2D eigenvalue weighted by Crippen LogP contribution is -2.33. The second kappa shape index (κ2) is 4.42. The monoisotopic (exact) mass is 235 g/mol. The van der Waals surface area contributed by atoms with Crippen molar-refractivity contribution in [2.75, 3.05) is 12.8 Å². The van der Waals surface area contributed by atoms with Gasteiger partial charge in [0.05, 0.1) is 12.5 Å². The Morgan fingerprint density at radius 3 is 3.06 bits per heavy atom. The quantitative estimate of drug-likeness (QED) is 0.748. The van der Waals surface area contributed by atoms with Crippen molar-refractivity contribution in [3.63, 3.8) is 0 Å². The van der Waals surface area contributed by atoms with E-state index >= 15 is 0 Å². The van der Waals surface area contributed by atoms with Crippen molar-refractivity contribution in [2.45, 2.75) is 12.5 Å². The number of carbonyl (C=O) groups excluding carboxylic acids is 1. The zero-order valence-corrected chi connectivity index (χ0v) is 9.34. The third-order valence-electron chi connectivity index (χ3n) is 2.45. The molecule has 0 saturated carbocycles. The average molecular weight is 235 g/mol. The number of esters is 1. The molecule has 2 heterocycles. The molecular weight excluding hydrogens is 222 g/mol. The van der Waals surface area contributed by atoms with Gasteiger partial charge in [-0.1, -0.05) is 0 Å². The molecule has 0 aliphatic carbocycles. The zero-order chi connectivity index (χ0) is 12.4. The molecule has 0 amide bonds. The molecule has 2 rings (SSSR count). The molecule has 4 N–H and O–H groups in total. The third kappa shape index (κ3) is 2.21. The van der Waals surface area contributed by atoms with E-state index in [4.69, 9.17) is 15.9 Å². The molecule has 1 atom stereocenters. The van der Waals surface area contributed by atoms with E-state index in [0.29, 0.717) is 17.2 Å². The van der Waals surface area contributed by atoms with Gasteiger partial charge < -0.3 is 20.6 Å². The summed E-state index contributed by atoms with van der Waals surface area (Å²) in [6.45, 7) is 0. The van der Waals surface area contributed by atoms with Crippen LogP contribution in [-0.2, 0) is 16.0 Å². The predicted octanol–water partition coefficient (Wildman–Crippen LogP) is 0.453. The first kappa shape index (κ1) is 11.4. The number of nitrogen functional groups attached to an aromatic ring is 1. The molecule has 0 aliphatic heterocycles. The Hall–Kier alpha value is -2.08. The number of hydrogen-bond donors (Lipinski definition) is 2. The molecule has 0 aromatic carbocycles. The number of methoxy groups -OCH3 is 1. The number of nitrogens with two attached hydrogens (primary N) is 2. The van der Waals surface area contributed by atoms with Crippen molar-refractivity contribution in [3.8, 4) is 0 Å². The molecule has 0 spiro atoms. The molecular formula is C11H13N3O3. The van der Waals surface area contributed by atoms with Crippen LogP contribution < -0.4 is 11.5 Å². The van der Waals surface area contributed by atoms with Crippen molar-refractivity contribution in [1.29, 1.82) is 0 Å². The summed E-state index contributed by atoms with van der Waals surface area (Å²) in [7, 11) is 1.29. The van der Waals surface area contributed by atoms with E-state index in [1.54, 1.807) is 18.3 Å².